The van der Waals surface area contributed by atoms with E-state index in [4.69, 9.17) is 14.2 Å². The molecular formula is C59H104O6. The molecule has 0 aromatic rings. The Bertz CT molecular complexity index is 1180. The van der Waals surface area contributed by atoms with Gasteiger partial charge in [0.05, 0.1) is 0 Å². The van der Waals surface area contributed by atoms with Crippen LogP contribution in [-0.2, 0) is 28.6 Å². The zero-order chi connectivity index (χ0) is 47.2. The minimum absolute atomic E-state index is 0.0949. The monoisotopic (exact) mass is 909 g/mol. The van der Waals surface area contributed by atoms with Gasteiger partial charge < -0.3 is 14.2 Å². The number of rotatable bonds is 50. The summed E-state index contributed by atoms with van der Waals surface area (Å²) in [6.07, 6.45) is 66.5. The molecule has 0 amide bonds. The second-order valence-corrected chi connectivity index (χ2v) is 18.5. The van der Waals surface area contributed by atoms with Gasteiger partial charge in [-0.2, -0.15) is 0 Å². The van der Waals surface area contributed by atoms with E-state index < -0.39 is 6.10 Å². The third-order valence-corrected chi connectivity index (χ3v) is 12.0. The lowest BCUT2D eigenvalue weighted by atomic mass is 10.0. The molecule has 6 nitrogen and oxygen atoms in total. The number of unbranched alkanes of at least 4 members (excludes halogenated alkanes) is 30. The highest BCUT2D eigenvalue weighted by atomic mass is 16.6. The van der Waals surface area contributed by atoms with Crippen LogP contribution in [0.1, 0.15) is 278 Å². The van der Waals surface area contributed by atoms with Gasteiger partial charge in [0.1, 0.15) is 13.2 Å². The first kappa shape index (κ1) is 62.1. The molecule has 0 aliphatic carbocycles. The molecule has 1 unspecified atom stereocenters. The molecular weight excluding hydrogens is 805 g/mol. The minimum atomic E-state index is -0.801. The first-order chi connectivity index (χ1) is 32.0. The van der Waals surface area contributed by atoms with Crippen molar-refractivity contribution in [3.8, 4) is 0 Å². The summed E-state index contributed by atoms with van der Waals surface area (Å²) in [6, 6.07) is 0. The minimum Gasteiger partial charge on any atom is -0.462 e. The van der Waals surface area contributed by atoms with Crippen LogP contribution in [0.25, 0.3) is 0 Å². The van der Waals surface area contributed by atoms with E-state index in [1.54, 1.807) is 0 Å². The lowest BCUT2D eigenvalue weighted by Gasteiger charge is -2.18. The number of esters is 3. The zero-order valence-electron chi connectivity index (χ0n) is 43.0. The maximum absolute atomic E-state index is 12.8. The van der Waals surface area contributed by atoms with Gasteiger partial charge in [-0.25, -0.2) is 0 Å². The van der Waals surface area contributed by atoms with Gasteiger partial charge in [-0.15, -0.1) is 0 Å². The van der Waals surface area contributed by atoms with Crippen LogP contribution in [0.15, 0.2) is 60.8 Å². The summed E-state index contributed by atoms with van der Waals surface area (Å²) in [5.41, 5.74) is 0. The van der Waals surface area contributed by atoms with Gasteiger partial charge in [0.2, 0.25) is 0 Å². The number of carbonyl (C=O) groups is 3. The Labute approximate surface area is 402 Å². The van der Waals surface area contributed by atoms with Gasteiger partial charge in [-0.1, -0.05) is 242 Å². The Morgan fingerprint density at radius 3 is 1.08 bits per heavy atom. The fourth-order valence-corrected chi connectivity index (χ4v) is 7.86. The Morgan fingerprint density at radius 2 is 0.646 bits per heavy atom. The van der Waals surface area contributed by atoms with Gasteiger partial charge >= 0.3 is 17.9 Å². The molecule has 0 aliphatic rings. The molecule has 0 fully saturated rings. The van der Waals surface area contributed by atoms with Crippen molar-refractivity contribution in [2.75, 3.05) is 13.2 Å². The molecule has 0 heterocycles. The molecule has 1 atom stereocenters. The van der Waals surface area contributed by atoms with E-state index in [1.165, 1.54) is 148 Å². The van der Waals surface area contributed by atoms with E-state index >= 15 is 0 Å². The van der Waals surface area contributed by atoms with E-state index in [9.17, 15) is 14.4 Å². The second-order valence-electron chi connectivity index (χ2n) is 18.5. The Kier molecular flexibility index (Phi) is 51.3. The van der Waals surface area contributed by atoms with Crippen molar-refractivity contribution < 1.29 is 28.6 Å². The largest absolute Gasteiger partial charge is 0.462 e. The van der Waals surface area contributed by atoms with E-state index in [0.29, 0.717) is 19.3 Å². The molecule has 0 bridgehead atoms. The molecule has 0 aromatic heterocycles. The van der Waals surface area contributed by atoms with Crippen molar-refractivity contribution >= 4 is 17.9 Å². The highest BCUT2D eigenvalue weighted by Crippen LogP contribution is 2.16. The van der Waals surface area contributed by atoms with Crippen molar-refractivity contribution in [1.29, 1.82) is 0 Å². The van der Waals surface area contributed by atoms with Crippen LogP contribution in [-0.4, -0.2) is 37.2 Å². The lowest BCUT2D eigenvalue weighted by Crippen LogP contribution is -2.30. The Hall–Kier alpha value is -2.89. The number of ether oxygens (including phenoxy) is 3. The predicted molar refractivity (Wildman–Crippen MR) is 279 cm³/mol. The number of allylic oxidation sites excluding steroid dienone is 10. The molecule has 65 heavy (non-hydrogen) atoms. The molecule has 0 rings (SSSR count). The fourth-order valence-electron chi connectivity index (χ4n) is 7.86. The van der Waals surface area contributed by atoms with Crippen molar-refractivity contribution in [3.63, 3.8) is 0 Å². The summed E-state index contributed by atoms with van der Waals surface area (Å²) < 4.78 is 16.8. The maximum atomic E-state index is 12.8. The third kappa shape index (κ3) is 51.9. The van der Waals surface area contributed by atoms with Crippen molar-refractivity contribution in [3.05, 3.63) is 60.8 Å². The van der Waals surface area contributed by atoms with Gasteiger partial charge in [-0.3, -0.25) is 14.4 Å². The zero-order valence-corrected chi connectivity index (χ0v) is 43.0. The standard InChI is InChI=1S/C59H104O6/c1-4-7-10-13-16-19-22-25-27-29-30-31-33-34-37-40-43-46-49-52-58(61)64-55-56(54-63-57(60)51-48-45-42-39-36-24-21-18-15-12-9-6-3)65-59(62)53-50-47-44-41-38-35-32-28-26-23-20-17-14-11-8-5-2/h9,12,18,21,28,32,35-36,38-39,56H,4-8,10-11,13-17,19-20,22-27,29-31,33-34,37,40-55H2,1-3H3/b12-9-,21-18-,32-28-,38-35-,39-36-. The topological polar surface area (TPSA) is 78.9 Å². The Balaban J connectivity index is 4.39. The van der Waals surface area contributed by atoms with Crippen LogP contribution in [0.3, 0.4) is 0 Å². The summed E-state index contributed by atoms with van der Waals surface area (Å²) in [6.45, 7) is 6.48. The van der Waals surface area contributed by atoms with E-state index in [-0.39, 0.29) is 31.1 Å². The molecule has 0 saturated carbocycles. The second kappa shape index (κ2) is 53.7. The molecule has 0 aliphatic heterocycles. The van der Waals surface area contributed by atoms with Crippen LogP contribution in [0.4, 0.5) is 0 Å². The molecule has 0 aromatic carbocycles. The highest BCUT2D eigenvalue weighted by Gasteiger charge is 2.19. The van der Waals surface area contributed by atoms with Crippen molar-refractivity contribution in [2.24, 2.45) is 0 Å². The van der Waals surface area contributed by atoms with Crippen LogP contribution in [0.2, 0.25) is 0 Å². The van der Waals surface area contributed by atoms with E-state index in [1.807, 2.05) is 0 Å². The highest BCUT2D eigenvalue weighted by molar-refractivity contribution is 5.71. The van der Waals surface area contributed by atoms with Gasteiger partial charge in [0, 0.05) is 19.3 Å². The van der Waals surface area contributed by atoms with Crippen LogP contribution < -0.4 is 0 Å². The molecule has 6 heteroatoms. The third-order valence-electron chi connectivity index (χ3n) is 12.0. The summed E-state index contributed by atoms with van der Waals surface area (Å²) >= 11 is 0. The van der Waals surface area contributed by atoms with Crippen LogP contribution in [0, 0.1) is 0 Å². The summed E-state index contributed by atoms with van der Waals surface area (Å²) in [7, 11) is 0. The molecule has 0 N–H and O–H groups in total. The summed E-state index contributed by atoms with van der Waals surface area (Å²) in [4.78, 5) is 38.0. The smallest absolute Gasteiger partial charge is 0.306 e. The maximum Gasteiger partial charge on any atom is 0.306 e. The van der Waals surface area contributed by atoms with Gasteiger partial charge in [0.25, 0.3) is 0 Å². The van der Waals surface area contributed by atoms with Crippen molar-refractivity contribution in [1.82, 2.24) is 0 Å². The number of hydrogen-bond donors (Lipinski definition) is 0. The normalized spacial score (nSPS) is 12.5. The first-order valence-corrected chi connectivity index (χ1v) is 27.8. The van der Waals surface area contributed by atoms with Gasteiger partial charge in [0.15, 0.2) is 6.10 Å². The average molecular weight is 909 g/mol. The summed E-state index contributed by atoms with van der Waals surface area (Å²) in [5, 5.41) is 0. The lowest BCUT2D eigenvalue weighted by molar-refractivity contribution is -0.167. The van der Waals surface area contributed by atoms with Crippen molar-refractivity contribution in [2.45, 2.75) is 284 Å². The van der Waals surface area contributed by atoms with Crippen LogP contribution >= 0.6 is 0 Å². The Morgan fingerprint density at radius 1 is 0.338 bits per heavy atom. The fraction of sp³-hybridized carbons (Fsp3) is 0.780. The van der Waals surface area contributed by atoms with E-state index in [2.05, 4.69) is 81.5 Å². The van der Waals surface area contributed by atoms with Gasteiger partial charge in [-0.05, 0) is 77.0 Å². The summed E-state index contributed by atoms with van der Waals surface area (Å²) in [5.74, 6) is -0.954. The molecule has 376 valence electrons. The SMILES string of the molecule is CC/C=C\C/C=C\C/C=C\CCCCC(=O)OCC(COC(=O)CCCCCCCCCCCCCCCCCCCCC)OC(=O)CCCCC/C=C\C=C/CCCCCCCCC. The predicted octanol–water partition coefficient (Wildman–Crippen LogP) is 18.4. The first-order valence-electron chi connectivity index (χ1n) is 27.8. The number of hydrogen-bond acceptors (Lipinski definition) is 6. The molecule has 0 saturated heterocycles. The number of carbonyl (C=O) groups excluding carboxylic acids is 3. The quantitative estimate of drug-likeness (QED) is 0.0199. The van der Waals surface area contributed by atoms with E-state index in [0.717, 1.165) is 89.9 Å². The molecule has 0 spiro atoms. The van der Waals surface area contributed by atoms with Crippen LogP contribution in [0.5, 0.6) is 0 Å². The molecule has 0 radical (unpaired) electrons. The average Bonchev–Trinajstić information content (AvgIpc) is 3.30.